The summed E-state index contributed by atoms with van der Waals surface area (Å²) in [4.78, 5) is 3.36. The van der Waals surface area contributed by atoms with Crippen molar-refractivity contribution < 1.29 is 13.2 Å². The molecule has 0 fully saturated rings. The van der Waals surface area contributed by atoms with Gasteiger partial charge in [0.05, 0.1) is 0 Å². The molecule has 2 nitrogen and oxygen atoms in total. The zero-order chi connectivity index (χ0) is 9.90. The number of rotatable bonds is 2. The van der Waals surface area contributed by atoms with Crippen LogP contribution in [0.15, 0.2) is 18.2 Å². The van der Waals surface area contributed by atoms with Crippen molar-refractivity contribution in [2.24, 2.45) is 0 Å². The Balaban J connectivity index is 2.92. The molecular weight excluding hydrogens is 181 g/mol. The lowest BCUT2D eigenvalue weighted by Gasteiger charge is -2.07. The zero-order valence-corrected chi connectivity index (χ0v) is 6.73. The number of nitrogens with one attached hydrogen (secondary N) is 1. The molecule has 1 aromatic heterocycles. The monoisotopic (exact) mass is 189 g/mol. The maximum absolute atomic E-state index is 12.1. The third kappa shape index (κ3) is 2.61. The van der Waals surface area contributed by atoms with Crippen LogP contribution in [-0.2, 0) is 6.18 Å². The van der Waals surface area contributed by atoms with Gasteiger partial charge in [-0.15, -0.1) is 0 Å². The van der Waals surface area contributed by atoms with Gasteiger partial charge < -0.3 is 5.32 Å². The summed E-state index contributed by atoms with van der Waals surface area (Å²) < 4.78 is 36.3. The molecule has 71 valence electrons. The zero-order valence-electron chi connectivity index (χ0n) is 6.73. The van der Waals surface area contributed by atoms with E-state index in [0.717, 1.165) is 6.07 Å². The SMILES string of the molecule is [CH2]CNc1cccc(C(F)(F)F)n1. The third-order valence-corrected chi connectivity index (χ3v) is 1.35. The number of alkyl halides is 3. The number of hydrogen-bond acceptors (Lipinski definition) is 2. The number of aromatic nitrogens is 1. The lowest BCUT2D eigenvalue weighted by Crippen LogP contribution is -2.09. The Bertz CT molecular complexity index is 283. The van der Waals surface area contributed by atoms with Crippen molar-refractivity contribution in [2.75, 3.05) is 11.9 Å². The van der Waals surface area contributed by atoms with Crippen LogP contribution < -0.4 is 5.32 Å². The predicted molar refractivity (Wildman–Crippen MR) is 43.1 cm³/mol. The van der Waals surface area contributed by atoms with Crippen molar-refractivity contribution in [1.29, 1.82) is 0 Å². The fourth-order valence-corrected chi connectivity index (χ4v) is 0.819. The lowest BCUT2D eigenvalue weighted by molar-refractivity contribution is -0.141. The minimum atomic E-state index is -4.39. The highest BCUT2D eigenvalue weighted by molar-refractivity contribution is 5.35. The number of hydrogen-bond donors (Lipinski definition) is 1. The van der Waals surface area contributed by atoms with E-state index in [1.165, 1.54) is 12.1 Å². The molecule has 0 aromatic carbocycles. The summed E-state index contributed by atoms with van der Waals surface area (Å²) >= 11 is 0. The average Bonchev–Trinajstić information content (AvgIpc) is 2.04. The first kappa shape index (κ1) is 9.83. The molecule has 1 heterocycles. The van der Waals surface area contributed by atoms with Crippen LogP contribution in [-0.4, -0.2) is 11.5 Å². The van der Waals surface area contributed by atoms with E-state index in [1.807, 2.05) is 0 Å². The van der Waals surface area contributed by atoms with E-state index in [0.29, 0.717) is 6.54 Å². The Hall–Kier alpha value is -1.26. The van der Waals surface area contributed by atoms with Crippen LogP contribution >= 0.6 is 0 Å². The van der Waals surface area contributed by atoms with Crippen molar-refractivity contribution in [3.8, 4) is 0 Å². The summed E-state index contributed by atoms with van der Waals surface area (Å²) in [6, 6.07) is 3.68. The van der Waals surface area contributed by atoms with Crippen LogP contribution in [0.25, 0.3) is 0 Å². The fourth-order valence-electron chi connectivity index (χ4n) is 0.819. The molecule has 13 heavy (non-hydrogen) atoms. The van der Waals surface area contributed by atoms with Gasteiger partial charge in [-0.1, -0.05) is 6.07 Å². The van der Waals surface area contributed by atoms with Gasteiger partial charge >= 0.3 is 6.18 Å². The lowest BCUT2D eigenvalue weighted by atomic mass is 10.3. The van der Waals surface area contributed by atoms with Crippen molar-refractivity contribution in [2.45, 2.75) is 6.18 Å². The topological polar surface area (TPSA) is 24.9 Å². The molecule has 1 radical (unpaired) electrons. The first-order chi connectivity index (χ1) is 6.04. The van der Waals surface area contributed by atoms with Gasteiger partial charge in [-0.3, -0.25) is 0 Å². The van der Waals surface area contributed by atoms with Gasteiger partial charge in [-0.05, 0) is 19.1 Å². The normalized spacial score (nSPS) is 11.4. The maximum Gasteiger partial charge on any atom is 0.433 e. The maximum atomic E-state index is 12.1. The Morgan fingerprint density at radius 2 is 2.08 bits per heavy atom. The molecule has 5 heteroatoms. The molecule has 0 aliphatic heterocycles. The van der Waals surface area contributed by atoms with Crippen LogP contribution in [0, 0.1) is 6.92 Å². The summed E-state index contributed by atoms with van der Waals surface area (Å²) in [5.41, 5.74) is -0.897. The third-order valence-electron chi connectivity index (χ3n) is 1.35. The molecule has 0 saturated carbocycles. The minimum Gasteiger partial charge on any atom is -0.370 e. The van der Waals surface area contributed by atoms with E-state index < -0.39 is 11.9 Å². The van der Waals surface area contributed by atoms with E-state index in [2.05, 4.69) is 17.2 Å². The highest BCUT2D eigenvalue weighted by Gasteiger charge is 2.32. The molecule has 1 rings (SSSR count). The first-order valence-electron chi connectivity index (χ1n) is 3.61. The van der Waals surface area contributed by atoms with E-state index >= 15 is 0 Å². The molecule has 1 aromatic rings. The molecule has 0 atom stereocenters. The minimum absolute atomic E-state index is 0.185. The van der Waals surface area contributed by atoms with Gasteiger partial charge in [0.25, 0.3) is 0 Å². The summed E-state index contributed by atoms with van der Waals surface area (Å²) in [6.07, 6.45) is -4.39. The summed E-state index contributed by atoms with van der Waals surface area (Å²) in [6.45, 7) is 3.74. The number of pyridine rings is 1. The van der Waals surface area contributed by atoms with Crippen molar-refractivity contribution in [3.05, 3.63) is 30.8 Å². The van der Waals surface area contributed by atoms with E-state index in [9.17, 15) is 13.2 Å². The van der Waals surface area contributed by atoms with Crippen molar-refractivity contribution >= 4 is 5.82 Å². The summed E-state index contributed by atoms with van der Waals surface area (Å²) in [5.74, 6) is 0.185. The van der Waals surface area contributed by atoms with Gasteiger partial charge in [0.15, 0.2) is 0 Å². The summed E-state index contributed by atoms with van der Waals surface area (Å²) in [5, 5.41) is 2.60. The van der Waals surface area contributed by atoms with Crippen LogP contribution in [0.1, 0.15) is 5.69 Å². The Kier molecular flexibility index (Phi) is 2.75. The number of halogens is 3. The van der Waals surface area contributed by atoms with Gasteiger partial charge in [0.1, 0.15) is 11.5 Å². The largest absolute Gasteiger partial charge is 0.433 e. The standard InChI is InChI=1S/C8H8F3N2/c1-2-12-7-5-3-4-6(13-7)8(9,10)11/h3-5H,1-2H2,(H,12,13). The van der Waals surface area contributed by atoms with Crippen molar-refractivity contribution in [1.82, 2.24) is 4.98 Å². The quantitative estimate of drug-likeness (QED) is 0.772. The Morgan fingerprint density at radius 1 is 1.38 bits per heavy atom. The van der Waals surface area contributed by atoms with Crippen molar-refractivity contribution in [3.63, 3.8) is 0 Å². The van der Waals surface area contributed by atoms with Crippen LogP contribution in [0.2, 0.25) is 0 Å². The van der Waals surface area contributed by atoms with Gasteiger partial charge in [0.2, 0.25) is 0 Å². The molecule has 0 amide bonds. The second-order valence-electron chi connectivity index (χ2n) is 2.33. The van der Waals surface area contributed by atoms with E-state index in [-0.39, 0.29) is 5.82 Å². The highest BCUT2D eigenvalue weighted by atomic mass is 19.4. The molecule has 0 unspecified atom stereocenters. The predicted octanol–water partition coefficient (Wildman–Crippen LogP) is 2.35. The first-order valence-corrected chi connectivity index (χ1v) is 3.61. The average molecular weight is 189 g/mol. The van der Waals surface area contributed by atoms with Crippen LogP contribution in [0.3, 0.4) is 0 Å². The highest BCUT2D eigenvalue weighted by Crippen LogP contribution is 2.27. The van der Waals surface area contributed by atoms with Gasteiger partial charge in [0, 0.05) is 6.54 Å². The molecule has 0 bridgehead atoms. The fraction of sp³-hybridized carbons (Fsp3) is 0.250. The number of anilines is 1. The molecule has 0 aliphatic rings. The van der Waals surface area contributed by atoms with E-state index in [4.69, 9.17) is 0 Å². The molecule has 1 N–H and O–H groups in total. The van der Waals surface area contributed by atoms with Gasteiger partial charge in [-0.2, -0.15) is 13.2 Å². The smallest absolute Gasteiger partial charge is 0.370 e. The van der Waals surface area contributed by atoms with E-state index in [1.54, 1.807) is 0 Å². The Labute approximate surface area is 73.8 Å². The number of nitrogens with zero attached hydrogens (tertiary/aromatic N) is 1. The molecular formula is C8H8F3N2. The van der Waals surface area contributed by atoms with Gasteiger partial charge in [-0.25, -0.2) is 4.98 Å². The van der Waals surface area contributed by atoms with Crippen LogP contribution in [0.4, 0.5) is 19.0 Å². The second kappa shape index (κ2) is 3.64. The van der Waals surface area contributed by atoms with Crippen LogP contribution in [0.5, 0.6) is 0 Å². The Morgan fingerprint density at radius 3 is 2.62 bits per heavy atom. The summed E-state index contributed by atoms with van der Waals surface area (Å²) in [7, 11) is 0. The molecule has 0 spiro atoms. The second-order valence-corrected chi connectivity index (χ2v) is 2.33. The molecule has 0 saturated heterocycles. The molecule has 0 aliphatic carbocycles.